The van der Waals surface area contributed by atoms with Gasteiger partial charge < -0.3 is 21.1 Å². The molecule has 1 saturated heterocycles. The molecule has 0 aliphatic carbocycles. The van der Waals surface area contributed by atoms with Gasteiger partial charge in [-0.15, -0.1) is 0 Å². The van der Waals surface area contributed by atoms with Crippen LogP contribution in [0.3, 0.4) is 0 Å². The summed E-state index contributed by atoms with van der Waals surface area (Å²) in [6.45, 7) is 2.36. The fraction of sp³-hybridized carbons (Fsp3) is 0.118. The second-order valence-corrected chi connectivity index (χ2v) is 10.6. The number of hydrogen-bond donors (Lipinski definition) is 3. The maximum atomic E-state index is 10.9. The first-order valence-electron chi connectivity index (χ1n) is 14.1. The normalized spacial score (nSPS) is 13.3. The van der Waals surface area contributed by atoms with E-state index in [2.05, 4.69) is 44.0 Å². The van der Waals surface area contributed by atoms with Crippen molar-refractivity contribution in [1.29, 1.82) is 0 Å². The largest absolute Gasteiger partial charge is 0.507 e. The molecule has 43 heavy (non-hydrogen) atoms. The number of nitrogens with zero attached hydrogens (tertiary/aromatic N) is 5. The van der Waals surface area contributed by atoms with Crippen LogP contribution in [0.25, 0.3) is 39.5 Å². The number of nitrogen functional groups attached to an aromatic ring is 1. The molecule has 0 amide bonds. The van der Waals surface area contributed by atoms with E-state index in [1.54, 1.807) is 24.5 Å². The SMILES string of the molecule is Nc1cnccc1-c1nc2ccc(-c3ccccc3)nc2n1-c1ccc(N2CC(NCc3ccc(C=O)c(O)c3)C2)cc1. The van der Waals surface area contributed by atoms with E-state index < -0.39 is 0 Å². The van der Waals surface area contributed by atoms with Crippen LogP contribution in [-0.4, -0.2) is 50.0 Å². The minimum atomic E-state index is 0.0107. The van der Waals surface area contributed by atoms with Crippen molar-refractivity contribution in [3.63, 3.8) is 0 Å². The summed E-state index contributed by atoms with van der Waals surface area (Å²) in [7, 11) is 0. The monoisotopic (exact) mass is 567 g/mol. The molecule has 0 atom stereocenters. The van der Waals surface area contributed by atoms with Crippen molar-refractivity contribution >= 4 is 28.8 Å². The fourth-order valence-electron chi connectivity index (χ4n) is 5.45. The number of rotatable bonds is 8. The lowest BCUT2D eigenvalue weighted by atomic mass is 10.1. The van der Waals surface area contributed by atoms with Crippen LogP contribution in [0.5, 0.6) is 5.75 Å². The van der Waals surface area contributed by atoms with E-state index in [0.29, 0.717) is 35.9 Å². The number of nitrogens with one attached hydrogen (secondary N) is 1. The van der Waals surface area contributed by atoms with Crippen molar-refractivity contribution in [2.75, 3.05) is 23.7 Å². The number of pyridine rings is 2. The van der Waals surface area contributed by atoms with Gasteiger partial charge in [-0.2, -0.15) is 0 Å². The van der Waals surface area contributed by atoms with Crippen LogP contribution in [-0.2, 0) is 6.54 Å². The van der Waals surface area contributed by atoms with Gasteiger partial charge in [-0.25, -0.2) is 9.97 Å². The molecule has 0 radical (unpaired) electrons. The molecule has 6 aromatic rings. The average molecular weight is 568 g/mol. The first-order valence-corrected chi connectivity index (χ1v) is 14.1. The molecule has 212 valence electrons. The summed E-state index contributed by atoms with van der Waals surface area (Å²) in [5, 5.41) is 13.5. The number of carbonyl (C=O) groups is 1. The molecule has 0 saturated carbocycles. The number of phenols is 1. The molecule has 0 spiro atoms. The molecule has 3 aromatic carbocycles. The Hall–Kier alpha value is -5.54. The number of fused-ring (bicyclic) bond motifs is 1. The summed E-state index contributed by atoms with van der Waals surface area (Å²) in [5.74, 6) is 0.720. The highest BCUT2D eigenvalue weighted by molar-refractivity contribution is 5.85. The summed E-state index contributed by atoms with van der Waals surface area (Å²) < 4.78 is 2.06. The van der Waals surface area contributed by atoms with Crippen molar-refractivity contribution < 1.29 is 9.90 Å². The number of nitrogens with two attached hydrogens (primary N) is 1. The lowest BCUT2D eigenvalue weighted by Crippen LogP contribution is -2.57. The van der Waals surface area contributed by atoms with Crippen molar-refractivity contribution in [2.45, 2.75) is 12.6 Å². The molecule has 7 rings (SSSR count). The highest BCUT2D eigenvalue weighted by atomic mass is 16.3. The van der Waals surface area contributed by atoms with Crippen LogP contribution in [0.1, 0.15) is 15.9 Å². The van der Waals surface area contributed by atoms with Gasteiger partial charge in [0.05, 0.1) is 23.1 Å². The lowest BCUT2D eigenvalue weighted by molar-refractivity contribution is 0.112. The Morgan fingerprint density at radius 3 is 2.47 bits per heavy atom. The predicted octanol–water partition coefficient (Wildman–Crippen LogP) is 5.23. The Morgan fingerprint density at radius 1 is 0.930 bits per heavy atom. The van der Waals surface area contributed by atoms with E-state index in [0.717, 1.165) is 58.0 Å². The zero-order chi connectivity index (χ0) is 29.3. The van der Waals surface area contributed by atoms with Crippen LogP contribution in [0.2, 0.25) is 0 Å². The third-order valence-electron chi connectivity index (χ3n) is 7.84. The van der Waals surface area contributed by atoms with E-state index in [1.165, 1.54) is 0 Å². The van der Waals surface area contributed by atoms with Crippen molar-refractivity contribution in [1.82, 2.24) is 24.8 Å². The smallest absolute Gasteiger partial charge is 0.165 e. The second-order valence-electron chi connectivity index (χ2n) is 10.6. The van der Waals surface area contributed by atoms with Gasteiger partial charge in [0.15, 0.2) is 11.9 Å². The molecule has 4 heterocycles. The number of imidazole rings is 1. The molecule has 9 heteroatoms. The Labute approximate surface area is 248 Å². The van der Waals surface area contributed by atoms with Crippen LogP contribution < -0.4 is 16.0 Å². The lowest BCUT2D eigenvalue weighted by Gasteiger charge is -2.41. The zero-order valence-electron chi connectivity index (χ0n) is 23.3. The van der Waals surface area contributed by atoms with Crippen LogP contribution >= 0.6 is 0 Å². The molecular formula is C34H29N7O2. The van der Waals surface area contributed by atoms with Gasteiger partial charge >= 0.3 is 0 Å². The van der Waals surface area contributed by atoms with Gasteiger partial charge in [-0.1, -0.05) is 36.4 Å². The van der Waals surface area contributed by atoms with Crippen LogP contribution in [0.4, 0.5) is 11.4 Å². The third-order valence-corrected chi connectivity index (χ3v) is 7.84. The Balaban J connectivity index is 1.14. The Kier molecular flexibility index (Phi) is 6.76. The van der Waals surface area contributed by atoms with Gasteiger partial charge in [-0.3, -0.25) is 14.3 Å². The minimum Gasteiger partial charge on any atom is -0.507 e. The number of aromatic nitrogens is 4. The first-order chi connectivity index (χ1) is 21.1. The van der Waals surface area contributed by atoms with Crippen molar-refractivity contribution in [3.8, 4) is 34.1 Å². The number of hydrogen-bond acceptors (Lipinski definition) is 8. The topological polar surface area (TPSA) is 122 Å². The Morgan fingerprint density at radius 2 is 1.72 bits per heavy atom. The molecule has 0 unspecified atom stereocenters. The molecule has 1 fully saturated rings. The molecule has 1 aliphatic rings. The summed E-state index contributed by atoms with van der Waals surface area (Å²) in [6.07, 6.45) is 4.02. The highest BCUT2D eigenvalue weighted by Gasteiger charge is 2.27. The molecule has 3 aromatic heterocycles. The van der Waals surface area contributed by atoms with Crippen molar-refractivity contribution in [3.05, 3.63) is 115 Å². The van der Waals surface area contributed by atoms with Gasteiger partial charge in [0.25, 0.3) is 0 Å². The number of aldehydes is 1. The standard InChI is InChI=1S/C34H29N7O2/c35-29-18-36-15-14-28(29)33-39-31-13-12-30(23-4-2-1-3-5-23)38-34(31)41(33)27-10-8-26(9-11-27)40-19-25(20-40)37-17-22-6-7-24(21-42)32(43)16-22/h1-16,18,21,25,37,43H,17,19-20,35H2. The van der Waals surface area contributed by atoms with Crippen LogP contribution in [0, 0.1) is 0 Å². The van der Waals surface area contributed by atoms with Gasteiger partial charge in [0, 0.05) is 54.4 Å². The quantitative estimate of drug-likeness (QED) is 0.214. The third kappa shape index (κ3) is 5.06. The molecule has 0 bridgehead atoms. The van der Waals surface area contributed by atoms with E-state index >= 15 is 0 Å². The highest BCUT2D eigenvalue weighted by Crippen LogP contribution is 2.33. The zero-order valence-corrected chi connectivity index (χ0v) is 23.3. The summed E-state index contributed by atoms with van der Waals surface area (Å²) in [5.41, 5.74) is 14.4. The van der Waals surface area contributed by atoms with Gasteiger partial charge in [-0.05, 0) is 60.2 Å². The second kappa shape index (κ2) is 11.0. The molecule has 4 N–H and O–H groups in total. The van der Waals surface area contributed by atoms with E-state index in [1.807, 2.05) is 54.6 Å². The number of anilines is 2. The maximum Gasteiger partial charge on any atom is 0.165 e. The molecular weight excluding hydrogens is 538 g/mol. The van der Waals surface area contributed by atoms with E-state index in [4.69, 9.17) is 15.7 Å². The predicted molar refractivity (Wildman–Crippen MR) is 168 cm³/mol. The molecule has 1 aliphatic heterocycles. The minimum absolute atomic E-state index is 0.0107. The van der Waals surface area contributed by atoms with Crippen molar-refractivity contribution in [2.24, 2.45) is 0 Å². The average Bonchev–Trinajstić information content (AvgIpc) is 3.40. The number of benzene rings is 3. The molecule has 9 nitrogen and oxygen atoms in total. The number of phenolic OH excluding ortho intramolecular Hbond substituents is 1. The van der Waals surface area contributed by atoms with E-state index in [9.17, 15) is 9.90 Å². The van der Waals surface area contributed by atoms with Gasteiger partial charge in [0.2, 0.25) is 0 Å². The fourth-order valence-corrected chi connectivity index (χ4v) is 5.45. The van der Waals surface area contributed by atoms with Gasteiger partial charge in [0.1, 0.15) is 17.1 Å². The van der Waals surface area contributed by atoms with E-state index in [-0.39, 0.29) is 5.75 Å². The summed E-state index contributed by atoms with van der Waals surface area (Å²) in [4.78, 5) is 27.4. The Bertz CT molecular complexity index is 1930. The number of aromatic hydroxyl groups is 1. The number of carbonyl (C=O) groups excluding carboxylic acids is 1. The maximum absolute atomic E-state index is 10.9. The van der Waals surface area contributed by atoms with Crippen LogP contribution in [0.15, 0.2) is 103 Å². The summed E-state index contributed by atoms with van der Waals surface area (Å²) >= 11 is 0. The first kappa shape index (κ1) is 26.4. The summed E-state index contributed by atoms with van der Waals surface area (Å²) in [6, 6.07) is 29.9.